The second-order valence-electron chi connectivity index (χ2n) is 4.34. The van der Waals surface area contributed by atoms with Crippen LogP contribution in [0.1, 0.15) is 0 Å². The van der Waals surface area contributed by atoms with Gasteiger partial charge in [0.25, 0.3) is 0 Å². The van der Waals surface area contributed by atoms with Gasteiger partial charge in [-0.3, -0.25) is 0 Å². The summed E-state index contributed by atoms with van der Waals surface area (Å²) in [4.78, 5) is 0. The average molecular weight is 504 g/mol. The maximum Gasteiger partial charge on any atom is 3.00 e. The van der Waals surface area contributed by atoms with E-state index in [1.54, 1.807) is 0 Å². The Hall–Kier alpha value is -1.17. The van der Waals surface area contributed by atoms with Crippen LogP contribution >= 0.6 is 7.92 Å². The SMILES string of the molecule is [Au+3].[CH3-].[CH3-].[CH3-].c1ccc(P(c2ccccc2)c2ccccc2)cc1. The number of hydrogen-bond acceptors (Lipinski definition) is 0. The number of hydrogen-bond donors (Lipinski definition) is 0. The fraction of sp³-hybridized carbons (Fsp3) is 0. The van der Waals surface area contributed by atoms with Crippen molar-refractivity contribution in [3.63, 3.8) is 0 Å². The van der Waals surface area contributed by atoms with Gasteiger partial charge in [0.2, 0.25) is 0 Å². The zero-order valence-electron chi connectivity index (χ0n) is 13.9. The Morgan fingerprint density at radius 3 is 0.826 bits per heavy atom. The molecule has 3 aromatic rings. The zero-order chi connectivity index (χ0) is 12.9. The molecule has 2 heteroatoms. The zero-order valence-corrected chi connectivity index (χ0v) is 17.0. The molecule has 0 atom stereocenters. The molecule has 124 valence electrons. The van der Waals surface area contributed by atoms with Gasteiger partial charge >= 0.3 is 22.4 Å². The monoisotopic (exact) mass is 504 g/mol. The third-order valence-corrected chi connectivity index (χ3v) is 5.49. The first-order chi connectivity index (χ1) is 9.45. The third kappa shape index (κ3) is 6.09. The van der Waals surface area contributed by atoms with Crippen molar-refractivity contribution in [2.24, 2.45) is 0 Å². The Labute approximate surface area is 159 Å². The molecule has 0 aliphatic heterocycles. The molecule has 0 heterocycles. The van der Waals surface area contributed by atoms with Gasteiger partial charge in [0, 0.05) is 0 Å². The van der Waals surface area contributed by atoms with Crippen molar-refractivity contribution in [2.45, 2.75) is 0 Å². The largest absolute Gasteiger partial charge is 3.00 e. The van der Waals surface area contributed by atoms with E-state index in [-0.39, 0.29) is 44.7 Å². The smallest absolute Gasteiger partial charge is 0.358 e. The Balaban J connectivity index is 0. The van der Waals surface area contributed by atoms with Gasteiger partial charge in [0.1, 0.15) is 0 Å². The molecule has 0 aliphatic carbocycles. The van der Waals surface area contributed by atoms with Gasteiger partial charge < -0.3 is 22.3 Å². The van der Waals surface area contributed by atoms with Gasteiger partial charge in [-0.1, -0.05) is 91.0 Å². The summed E-state index contributed by atoms with van der Waals surface area (Å²) in [6, 6.07) is 32.3. The molecule has 0 fully saturated rings. The summed E-state index contributed by atoms with van der Waals surface area (Å²) in [5.41, 5.74) is 0. The summed E-state index contributed by atoms with van der Waals surface area (Å²) in [6.45, 7) is 0. The van der Waals surface area contributed by atoms with Crippen LogP contribution in [0, 0.1) is 22.3 Å². The Bertz CT molecular complexity index is 530. The first-order valence-electron chi connectivity index (χ1n) is 6.40. The van der Waals surface area contributed by atoms with E-state index >= 15 is 0 Å². The van der Waals surface area contributed by atoms with Crippen LogP contribution in [0.3, 0.4) is 0 Å². The molecule has 0 aliphatic rings. The summed E-state index contributed by atoms with van der Waals surface area (Å²) in [6.07, 6.45) is 0. The molecule has 0 aromatic heterocycles. The van der Waals surface area contributed by atoms with Crippen molar-refractivity contribution in [3.8, 4) is 0 Å². The van der Waals surface area contributed by atoms with E-state index in [0.717, 1.165) is 0 Å². The molecular weight excluding hydrogens is 480 g/mol. The van der Waals surface area contributed by atoms with Crippen molar-refractivity contribution in [1.29, 1.82) is 0 Å². The topological polar surface area (TPSA) is 0 Å². The average Bonchev–Trinajstić information content (AvgIpc) is 2.51. The van der Waals surface area contributed by atoms with Gasteiger partial charge in [0.15, 0.2) is 0 Å². The van der Waals surface area contributed by atoms with Crippen molar-refractivity contribution < 1.29 is 22.4 Å². The molecule has 3 aromatic carbocycles. The predicted molar refractivity (Wildman–Crippen MR) is 104 cm³/mol. The molecule has 0 nitrogen and oxygen atoms in total. The van der Waals surface area contributed by atoms with Crippen LogP contribution in [0.25, 0.3) is 0 Å². The van der Waals surface area contributed by atoms with Crippen LogP contribution < -0.4 is 15.9 Å². The van der Waals surface area contributed by atoms with E-state index < -0.39 is 7.92 Å². The maximum absolute atomic E-state index is 2.23. The fourth-order valence-electron chi connectivity index (χ4n) is 2.18. The minimum atomic E-state index is -0.446. The molecule has 0 amide bonds. The summed E-state index contributed by atoms with van der Waals surface area (Å²) >= 11 is 0. The Morgan fingerprint density at radius 2 is 0.609 bits per heavy atom. The summed E-state index contributed by atoms with van der Waals surface area (Å²) < 4.78 is 0. The van der Waals surface area contributed by atoms with E-state index in [9.17, 15) is 0 Å². The first-order valence-corrected chi connectivity index (χ1v) is 7.74. The number of rotatable bonds is 3. The van der Waals surface area contributed by atoms with Gasteiger partial charge in [-0.05, 0) is 23.8 Å². The number of benzene rings is 3. The van der Waals surface area contributed by atoms with E-state index in [2.05, 4.69) is 91.0 Å². The second kappa shape index (κ2) is 12.3. The molecule has 3 rings (SSSR count). The Morgan fingerprint density at radius 1 is 0.391 bits per heavy atom. The van der Waals surface area contributed by atoms with Crippen LogP contribution in [0.5, 0.6) is 0 Å². The predicted octanol–water partition coefficient (Wildman–Crippen LogP) is 4.79. The maximum atomic E-state index is 2.23. The molecule has 0 spiro atoms. The minimum Gasteiger partial charge on any atom is -0.358 e. The molecule has 0 unspecified atom stereocenters. The van der Waals surface area contributed by atoms with Crippen LogP contribution in [0.15, 0.2) is 91.0 Å². The van der Waals surface area contributed by atoms with E-state index in [0.29, 0.717) is 0 Å². The van der Waals surface area contributed by atoms with E-state index in [1.165, 1.54) is 15.9 Å². The minimum absolute atomic E-state index is 0. The standard InChI is InChI=1S/C18H15P.3CH3.Au/c1-4-10-16(11-5-1)19(17-12-6-2-7-13-17)18-14-8-3-9-15-18;;;;/h1-15H;3*1H3;/q;3*-1;+3. The molecular formula is C21H24AuP. The quantitative estimate of drug-likeness (QED) is 0.274. The van der Waals surface area contributed by atoms with Crippen LogP contribution in [-0.4, -0.2) is 0 Å². The fourth-order valence-corrected chi connectivity index (χ4v) is 4.48. The molecule has 0 saturated heterocycles. The van der Waals surface area contributed by atoms with Gasteiger partial charge in [-0.2, -0.15) is 0 Å². The van der Waals surface area contributed by atoms with Crippen molar-refractivity contribution in [3.05, 3.63) is 113 Å². The summed E-state index contributed by atoms with van der Waals surface area (Å²) in [5.74, 6) is 0. The molecule has 0 N–H and O–H groups in total. The van der Waals surface area contributed by atoms with Gasteiger partial charge in [0.05, 0.1) is 0 Å². The first kappa shape index (κ1) is 24.1. The molecule has 0 bridgehead atoms. The van der Waals surface area contributed by atoms with Crippen LogP contribution in [0.4, 0.5) is 0 Å². The van der Waals surface area contributed by atoms with Crippen molar-refractivity contribution in [1.82, 2.24) is 0 Å². The molecule has 0 radical (unpaired) electrons. The molecule has 23 heavy (non-hydrogen) atoms. The normalized spacial score (nSPS) is 8.74. The van der Waals surface area contributed by atoms with Gasteiger partial charge in [-0.25, -0.2) is 0 Å². The third-order valence-electron chi connectivity index (χ3n) is 3.04. The summed E-state index contributed by atoms with van der Waals surface area (Å²) in [5, 5.41) is 4.19. The second-order valence-corrected chi connectivity index (χ2v) is 6.56. The Kier molecular flexibility index (Phi) is 12.9. The van der Waals surface area contributed by atoms with E-state index in [4.69, 9.17) is 0 Å². The van der Waals surface area contributed by atoms with Crippen molar-refractivity contribution >= 4 is 23.8 Å². The van der Waals surface area contributed by atoms with Crippen molar-refractivity contribution in [2.75, 3.05) is 0 Å². The van der Waals surface area contributed by atoms with Crippen LogP contribution in [0.2, 0.25) is 0 Å². The molecule has 0 saturated carbocycles. The summed E-state index contributed by atoms with van der Waals surface area (Å²) in [7, 11) is -0.446. The van der Waals surface area contributed by atoms with Gasteiger partial charge in [-0.15, -0.1) is 0 Å². The van der Waals surface area contributed by atoms with Crippen LogP contribution in [-0.2, 0) is 22.4 Å². The van der Waals surface area contributed by atoms with E-state index in [1.807, 2.05) is 0 Å².